The van der Waals surface area contributed by atoms with E-state index in [2.05, 4.69) is 10.3 Å². The summed E-state index contributed by atoms with van der Waals surface area (Å²) in [6.45, 7) is 2.02. The molecule has 20 heavy (non-hydrogen) atoms. The molecule has 1 aromatic heterocycles. The van der Waals surface area contributed by atoms with E-state index in [1.807, 2.05) is 13.0 Å². The maximum atomic E-state index is 12.4. The van der Waals surface area contributed by atoms with Crippen molar-refractivity contribution < 1.29 is 9.90 Å². The predicted octanol–water partition coefficient (Wildman–Crippen LogP) is 2.78. The average Bonchev–Trinajstić information content (AvgIpc) is 2.45. The molecule has 0 aliphatic carbocycles. The highest BCUT2D eigenvalue weighted by Crippen LogP contribution is 2.22. The first-order valence-corrected chi connectivity index (χ1v) is 6.99. The summed E-state index contributed by atoms with van der Waals surface area (Å²) >= 11 is 6.05. The minimum atomic E-state index is -0.212. The Labute approximate surface area is 122 Å². The summed E-state index contributed by atoms with van der Waals surface area (Å²) in [6, 6.07) is 7.03. The van der Waals surface area contributed by atoms with Gasteiger partial charge in [-0.25, -0.2) is 0 Å². The normalized spacial score (nSPS) is 12.3. The smallest absolute Gasteiger partial charge is 0.253 e. The Morgan fingerprint density at radius 1 is 1.50 bits per heavy atom. The summed E-state index contributed by atoms with van der Waals surface area (Å²) in [6.07, 6.45) is 2.95. The molecule has 2 aromatic rings. The Balaban J connectivity index is 2.34. The van der Waals surface area contributed by atoms with Crippen LogP contribution in [-0.4, -0.2) is 28.6 Å². The molecule has 4 nitrogen and oxygen atoms in total. The lowest BCUT2D eigenvalue weighted by molar-refractivity contribution is 0.0930. The van der Waals surface area contributed by atoms with Gasteiger partial charge in [-0.1, -0.05) is 24.6 Å². The topological polar surface area (TPSA) is 62.2 Å². The Kier molecular flexibility index (Phi) is 4.93. The largest absolute Gasteiger partial charge is 0.396 e. The zero-order valence-electron chi connectivity index (χ0n) is 11.3. The van der Waals surface area contributed by atoms with Crippen molar-refractivity contribution in [3.63, 3.8) is 0 Å². The minimum absolute atomic E-state index is 0.0489. The lowest BCUT2D eigenvalue weighted by atomic mass is 10.1. The van der Waals surface area contributed by atoms with Gasteiger partial charge in [-0.05, 0) is 31.0 Å². The van der Waals surface area contributed by atoms with Crippen molar-refractivity contribution in [3.8, 4) is 0 Å². The Morgan fingerprint density at radius 3 is 3.00 bits per heavy atom. The maximum absolute atomic E-state index is 12.4. The van der Waals surface area contributed by atoms with Gasteiger partial charge in [0.1, 0.15) is 0 Å². The highest BCUT2D eigenvalue weighted by Gasteiger charge is 2.15. The van der Waals surface area contributed by atoms with E-state index in [1.165, 1.54) is 0 Å². The first kappa shape index (κ1) is 14.8. The Hall–Kier alpha value is -1.65. The molecule has 1 aromatic carbocycles. The molecule has 2 N–H and O–H groups in total. The van der Waals surface area contributed by atoms with Crippen molar-refractivity contribution in [2.75, 3.05) is 6.61 Å². The molecule has 0 spiro atoms. The van der Waals surface area contributed by atoms with Gasteiger partial charge >= 0.3 is 0 Å². The van der Waals surface area contributed by atoms with Crippen LogP contribution in [0.25, 0.3) is 10.9 Å². The van der Waals surface area contributed by atoms with E-state index in [9.17, 15) is 4.79 Å². The van der Waals surface area contributed by atoms with E-state index < -0.39 is 0 Å². The zero-order chi connectivity index (χ0) is 14.5. The van der Waals surface area contributed by atoms with Crippen LogP contribution in [0.5, 0.6) is 0 Å². The summed E-state index contributed by atoms with van der Waals surface area (Å²) in [5.74, 6) is -0.212. The predicted molar refractivity (Wildman–Crippen MR) is 80.0 cm³/mol. The van der Waals surface area contributed by atoms with Crippen LogP contribution in [0.15, 0.2) is 30.5 Å². The molecule has 5 heteroatoms. The Bertz CT molecular complexity index is 616. The molecule has 0 fully saturated rings. The van der Waals surface area contributed by atoms with Gasteiger partial charge < -0.3 is 10.4 Å². The lowest BCUT2D eigenvalue weighted by Crippen LogP contribution is -2.35. The number of halogens is 1. The van der Waals surface area contributed by atoms with Gasteiger partial charge in [-0.3, -0.25) is 9.78 Å². The van der Waals surface area contributed by atoms with Crippen LogP contribution in [-0.2, 0) is 0 Å². The van der Waals surface area contributed by atoms with Crippen molar-refractivity contribution in [1.82, 2.24) is 10.3 Å². The van der Waals surface area contributed by atoms with E-state index in [0.29, 0.717) is 22.5 Å². The number of aliphatic hydroxyl groups excluding tert-OH is 1. The molecule has 2 rings (SSSR count). The van der Waals surface area contributed by atoms with E-state index in [1.54, 1.807) is 24.4 Å². The number of amides is 1. The van der Waals surface area contributed by atoms with Crippen molar-refractivity contribution in [2.24, 2.45) is 0 Å². The van der Waals surface area contributed by atoms with Crippen molar-refractivity contribution in [2.45, 2.75) is 25.8 Å². The van der Waals surface area contributed by atoms with Crippen molar-refractivity contribution in [3.05, 3.63) is 41.0 Å². The molecule has 0 aliphatic rings. The van der Waals surface area contributed by atoms with Gasteiger partial charge in [0.2, 0.25) is 0 Å². The third-order valence-corrected chi connectivity index (χ3v) is 3.44. The fraction of sp³-hybridized carbons (Fsp3) is 0.333. The van der Waals surface area contributed by atoms with E-state index in [-0.39, 0.29) is 18.6 Å². The number of rotatable bonds is 5. The van der Waals surface area contributed by atoms with Gasteiger partial charge in [0.15, 0.2) is 0 Å². The molecule has 0 saturated carbocycles. The lowest BCUT2D eigenvalue weighted by Gasteiger charge is -2.16. The highest BCUT2D eigenvalue weighted by atomic mass is 35.5. The van der Waals surface area contributed by atoms with Crippen LogP contribution in [0, 0.1) is 0 Å². The molecule has 0 bridgehead atoms. The number of pyridine rings is 1. The van der Waals surface area contributed by atoms with Crippen molar-refractivity contribution >= 4 is 28.4 Å². The monoisotopic (exact) mass is 292 g/mol. The summed E-state index contributed by atoms with van der Waals surface area (Å²) < 4.78 is 0. The molecule has 0 saturated heterocycles. The molecule has 1 atom stereocenters. The molecular formula is C15H17ClN2O2. The number of aliphatic hydroxyl groups is 1. The number of carbonyl (C=O) groups excluding carboxylic acids is 1. The molecule has 0 radical (unpaired) electrons. The average molecular weight is 293 g/mol. The highest BCUT2D eigenvalue weighted by molar-refractivity contribution is 6.32. The van der Waals surface area contributed by atoms with E-state index >= 15 is 0 Å². The van der Waals surface area contributed by atoms with Gasteiger partial charge in [0, 0.05) is 29.3 Å². The second-order valence-corrected chi connectivity index (χ2v) is 5.06. The third kappa shape index (κ3) is 3.26. The van der Waals surface area contributed by atoms with E-state index in [4.69, 9.17) is 16.7 Å². The quantitative estimate of drug-likeness (QED) is 0.891. The van der Waals surface area contributed by atoms with Gasteiger partial charge in [-0.15, -0.1) is 0 Å². The number of carbonyl (C=O) groups is 1. The van der Waals surface area contributed by atoms with Crippen LogP contribution in [0.3, 0.4) is 0 Å². The molecule has 0 aliphatic heterocycles. The van der Waals surface area contributed by atoms with Crippen LogP contribution in [0.4, 0.5) is 0 Å². The van der Waals surface area contributed by atoms with Crippen LogP contribution < -0.4 is 5.32 Å². The molecule has 106 valence electrons. The number of fused-ring (bicyclic) bond motifs is 1. The Morgan fingerprint density at radius 2 is 2.30 bits per heavy atom. The first-order valence-electron chi connectivity index (χ1n) is 6.61. The molecular weight excluding hydrogens is 276 g/mol. The summed E-state index contributed by atoms with van der Waals surface area (Å²) in [7, 11) is 0. The van der Waals surface area contributed by atoms with Gasteiger partial charge in [-0.2, -0.15) is 0 Å². The fourth-order valence-corrected chi connectivity index (χ4v) is 2.35. The molecule has 1 heterocycles. The minimum Gasteiger partial charge on any atom is -0.396 e. The summed E-state index contributed by atoms with van der Waals surface area (Å²) in [5.41, 5.74) is 1.10. The van der Waals surface area contributed by atoms with Crippen molar-refractivity contribution in [1.29, 1.82) is 0 Å². The van der Waals surface area contributed by atoms with Gasteiger partial charge in [0.05, 0.1) is 11.1 Å². The standard InChI is InChI=1S/C15H17ClN2O2/c1-2-12(5-7-19)18-15(20)13-9-11(16)8-10-4-3-6-17-14(10)13/h3-4,6,8-9,12,19H,2,5,7H2,1H3,(H,18,20). The summed E-state index contributed by atoms with van der Waals surface area (Å²) in [5, 5.41) is 13.2. The van der Waals surface area contributed by atoms with Crippen LogP contribution >= 0.6 is 11.6 Å². The second-order valence-electron chi connectivity index (χ2n) is 4.62. The number of nitrogens with zero attached hydrogens (tertiary/aromatic N) is 1. The van der Waals surface area contributed by atoms with Gasteiger partial charge in [0.25, 0.3) is 5.91 Å². The zero-order valence-corrected chi connectivity index (χ0v) is 12.0. The fourth-order valence-electron chi connectivity index (χ4n) is 2.13. The number of hydrogen-bond donors (Lipinski definition) is 2. The van der Waals surface area contributed by atoms with E-state index in [0.717, 1.165) is 11.8 Å². The first-order chi connectivity index (χ1) is 9.65. The number of benzene rings is 1. The second kappa shape index (κ2) is 6.68. The number of aromatic nitrogens is 1. The van der Waals surface area contributed by atoms with Crippen LogP contribution in [0.2, 0.25) is 5.02 Å². The molecule has 1 amide bonds. The maximum Gasteiger partial charge on any atom is 0.253 e. The molecule has 1 unspecified atom stereocenters. The SMILES string of the molecule is CCC(CCO)NC(=O)c1cc(Cl)cc2cccnc12. The number of nitrogens with one attached hydrogen (secondary N) is 1. The summed E-state index contributed by atoms with van der Waals surface area (Å²) in [4.78, 5) is 16.6. The van der Waals surface area contributed by atoms with Crippen LogP contribution in [0.1, 0.15) is 30.1 Å². The number of hydrogen-bond acceptors (Lipinski definition) is 3. The third-order valence-electron chi connectivity index (χ3n) is 3.22.